The molecule has 0 aliphatic heterocycles. The number of halogens is 1. The van der Waals surface area contributed by atoms with E-state index in [0.29, 0.717) is 16.6 Å². The largest absolute Gasteiger partial charge is 0.361 e. The second-order valence-corrected chi connectivity index (χ2v) is 6.84. The van der Waals surface area contributed by atoms with Crippen LogP contribution < -0.4 is 10.6 Å². The number of carbonyl (C=O) groups is 1. The Labute approximate surface area is 151 Å². The lowest BCUT2D eigenvalue weighted by molar-refractivity contribution is 0.246. The molecule has 1 aromatic carbocycles. The summed E-state index contributed by atoms with van der Waals surface area (Å²) in [5.41, 5.74) is 2.37. The number of aromatic nitrogens is 2. The Balaban J connectivity index is 1.74. The van der Waals surface area contributed by atoms with Crippen LogP contribution in [0.25, 0.3) is 10.9 Å². The van der Waals surface area contributed by atoms with Gasteiger partial charge in [-0.15, -0.1) is 0 Å². The molecule has 0 spiro atoms. The van der Waals surface area contributed by atoms with Crippen LogP contribution >= 0.6 is 11.6 Å². The molecule has 6 heteroatoms. The third kappa shape index (κ3) is 4.31. The molecule has 130 valence electrons. The summed E-state index contributed by atoms with van der Waals surface area (Å²) in [5.74, 6) is 0.428. The smallest absolute Gasteiger partial charge is 0.319 e. The number of fused-ring (bicyclic) bond motifs is 1. The summed E-state index contributed by atoms with van der Waals surface area (Å²) < 4.78 is 0. The summed E-state index contributed by atoms with van der Waals surface area (Å²) in [6.45, 7) is 4.24. The predicted octanol–water partition coefficient (Wildman–Crippen LogP) is 5.13. The predicted molar refractivity (Wildman–Crippen MR) is 102 cm³/mol. The van der Waals surface area contributed by atoms with E-state index in [2.05, 4.69) is 34.4 Å². The summed E-state index contributed by atoms with van der Waals surface area (Å²) in [4.78, 5) is 19.9. The van der Waals surface area contributed by atoms with Crippen molar-refractivity contribution in [1.82, 2.24) is 15.3 Å². The normalized spacial score (nSPS) is 12.3. The van der Waals surface area contributed by atoms with Gasteiger partial charge in [-0.3, -0.25) is 4.98 Å². The van der Waals surface area contributed by atoms with Crippen molar-refractivity contribution >= 4 is 34.2 Å². The van der Waals surface area contributed by atoms with Crippen LogP contribution in [0.2, 0.25) is 5.02 Å². The highest BCUT2D eigenvalue weighted by Gasteiger charge is 2.17. The van der Waals surface area contributed by atoms with Crippen molar-refractivity contribution in [3.05, 3.63) is 59.5 Å². The number of hydrogen-bond acceptors (Lipinski definition) is 2. The zero-order valence-electron chi connectivity index (χ0n) is 14.2. The highest BCUT2D eigenvalue weighted by atomic mass is 35.5. The first-order chi connectivity index (χ1) is 12.0. The van der Waals surface area contributed by atoms with E-state index in [-0.39, 0.29) is 12.1 Å². The zero-order chi connectivity index (χ0) is 17.8. The van der Waals surface area contributed by atoms with Gasteiger partial charge in [-0.25, -0.2) is 4.79 Å². The van der Waals surface area contributed by atoms with Crippen molar-refractivity contribution in [2.45, 2.75) is 26.3 Å². The number of nitrogens with zero attached hydrogens (tertiary/aromatic N) is 1. The van der Waals surface area contributed by atoms with E-state index in [1.807, 2.05) is 36.5 Å². The Kier molecular flexibility index (Phi) is 5.24. The molecule has 2 aromatic heterocycles. The first-order valence-electron chi connectivity index (χ1n) is 8.28. The molecule has 0 bridgehead atoms. The van der Waals surface area contributed by atoms with Crippen LogP contribution in [-0.2, 0) is 0 Å². The quantitative estimate of drug-likeness (QED) is 0.593. The van der Waals surface area contributed by atoms with Crippen LogP contribution in [0.1, 0.15) is 32.0 Å². The number of carbonyl (C=O) groups excluding carboxylic acids is 1. The van der Waals surface area contributed by atoms with Crippen LogP contribution in [0.4, 0.5) is 10.5 Å². The van der Waals surface area contributed by atoms with Gasteiger partial charge in [-0.2, -0.15) is 0 Å². The molecular formula is C19H21ClN4O. The molecule has 2 heterocycles. The Morgan fingerprint density at radius 1 is 1.28 bits per heavy atom. The molecule has 0 aliphatic carbocycles. The second kappa shape index (κ2) is 7.57. The first kappa shape index (κ1) is 17.3. The molecule has 2 amide bonds. The third-order valence-electron chi connectivity index (χ3n) is 3.93. The molecule has 3 N–H and O–H groups in total. The van der Waals surface area contributed by atoms with Crippen LogP contribution in [0.3, 0.4) is 0 Å². The van der Waals surface area contributed by atoms with Gasteiger partial charge in [-0.1, -0.05) is 31.5 Å². The second-order valence-electron chi connectivity index (χ2n) is 6.43. The van der Waals surface area contributed by atoms with Crippen molar-refractivity contribution in [3.63, 3.8) is 0 Å². The zero-order valence-corrected chi connectivity index (χ0v) is 15.0. The van der Waals surface area contributed by atoms with E-state index in [9.17, 15) is 4.79 Å². The van der Waals surface area contributed by atoms with Crippen molar-refractivity contribution in [2.24, 2.45) is 5.92 Å². The SMILES string of the molecule is CC(C)CC(NC(=O)Nc1cc(Cl)c2cc[nH]c2c1)c1ccccn1. The maximum absolute atomic E-state index is 12.5. The minimum atomic E-state index is -0.279. The average molecular weight is 357 g/mol. The summed E-state index contributed by atoms with van der Waals surface area (Å²) >= 11 is 6.26. The van der Waals surface area contributed by atoms with Crippen LogP contribution in [0, 0.1) is 5.92 Å². The lowest BCUT2D eigenvalue weighted by Gasteiger charge is -2.20. The molecule has 0 saturated heterocycles. The lowest BCUT2D eigenvalue weighted by atomic mass is 10.0. The fourth-order valence-electron chi connectivity index (χ4n) is 2.83. The van der Waals surface area contributed by atoms with Gasteiger partial charge in [0.2, 0.25) is 0 Å². The number of pyridine rings is 1. The minimum Gasteiger partial charge on any atom is -0.361 e. The minimum absolute atomic E-state index is 0.147. The van der Waals surface area contributed by atoms with Crippen LogP contribution in [0.15, 0.2) is 48.8 Å². The van der Waals surface area contributed by atoms with E-state index < -0.39 is 0 Å². The van der Waals surface area contributed by atoms with Gasteiger partial charge < -0.3 is 15.6 Å². The lowest BCUT2D eigenvalue weighted by Crippen LogP contribution is -2.33. The molecule has 0 aliphatic rings. The summed E-state index contributed by atoms with van der Waals surface area (Å²) in [6.07, 6.45) is 4.36. The number of nitrogens with one attached hydrogen (secondary N) is 3. The molecular weight excluding hydrogens is 336 g/mol. The van der Waals surface area contributed by atoms with Gasteiger partial charge in [0.1, 0.15) is 0 Å². The van der Waals surface area contributed by atoms with Gasteiger partial charge in [0.05, 0.1) is 16.8 Å². The standard InChI is InChI=1S/C19H21ClN4O/c1-12(2)9-18(16-5-3-4-7-21-16)24-19(25)23-13-10-15(20)14-6-8-22-17(14)11-13/h3-8,10-12,18,22H,9H2,1-2H3,(H2,23,24,25). The number of aromatic amines is 1. The number of H-pyrrole nitrogens is 1. The Morgan fingerprint density at radius 3 is 2.84 bits per heavy atom. The molecule has 1 unspecified atom stereocenters. The number of hydrogen-bond donors (Lipinski definition) is 3. The van der Waals surface area contributed by atoms with E-state index in [4.69, 9.17) is 11.6 Å². The van der Waals surface area contributed by atoms with Crippen molar-refractivity contribution < 1.29 is 4.79 Å². The van der Waals surface area contributed by atoms with Crippen LogP contribution in [0.5, 0.6) is 0 Å². The molecule has 25 heavy (non-hydrogen) atoms. The van der Waals surface area contributed by atoms with Gasteiger partial charge in [0.15, 0.2) is 0 Å². The molecule has 0 saturated carbocycles. The maximum Gasteiger partial charge on any atom is 0.319 e. The number of amides is 2. The molecule has 0 fully saturated rings. The molecule has 3 rings (SSSR count). The fourth-order valence-corrected chi connectivity index (χ4v) is 3.11. The number of benzene rings is 1. The summed E-state index contributed by atoms with van der Waals surface area (Å²) in [5, 5.41) is 7.39. The molecule has 1 atom stereocenters. The summed E-state index contributed by atoms with van der Waals surface area (Å²) in [7, 11) is 0. The van der Waals surface area contributed by atoms with Crippen molar-refractivity contribution in [3.8, 4) is 0 Å². The maximum atomic E-state index is 12.5. The van der Waals surface area contributed by atoms with E-state index >= 15 is 0 Å². The first-order valence-corrected chi connectivity index (χ1v) is 8.66. The Bertz CT molecular complexity index is 860. The third-order valence-corrected chi connectivity index (χ3v) is 4.25. The fraction of sp³-hybridized carbons (Fsp3) is 0.263. The summed E-state index contributed by atoms with van der Waals surface area (Å²) in [6, 6.07) is 10.8. The monoisotopic (exact) mass is 356 g/mol. The highest BCUT2D eigenvalue weighted by Crippen LogP contribution is 2.27. The van der Waals surface area contributed by atoms with E-state index in [1.165, 1.54) is 0 Å². The Morgan fingerprint density at radius 2 is 2.12 bits per heavy atom. The molecule has 3 aromatic rings. The molecule has 0 radical (unpaired) electrons. The van der Waals surface area contributed by atoms with Crippen LogP contribution in [-0.4, -0.2) is 16.0 Å². The van der Waals surface area contributed by atoms with Gasteiger partial charge in [-0.05, 0) is 42.7 Å². The van der Waals surface area contributed by atoms with Crippen molar-refractivity contribution in [1.29, 1.82) is 0 Å². The average Bonchev–Trinajstić information content (AvgIpc) is 3.03. The number of urea groups is 1. The topological polar surface area (TPSA) is 69.8 Å². The highest BCUT2D eigenvalue weighted by molar-refractivity contribution is 6.35. The van der Waals surface area contributed by atoms with Gasteiger partial charge in [0, 0.05) is 29.0 Å². The van der Waals surface area contributed by atoms with Gasteiger partial charge in [0.25, 0.3) is 0 Å². The van der Waals surface area contributed by atoms with Gasteiger partial charge >= 0.3 is 6.03 Å². The number of anilines is 1. The Hall–Kier alpha value is -2.53. The van der Waals surface area contributed by atoms with Crippen molar-refractivity contribution in [2.75, 3.05) is 5.32 Å². The van der Waals surface area contributed by atoms with E-state index in [0.717, 1.165) is 23.0 Å². The number of rotatable bonds is 5. The van der Waals surface area contributed by atoms with E-state index in [1.54, 1.807) is 12.3 Å². The molecule has 5 nitrogen and oxygen atoms in total.